The van der Waals surface area contributed by atoms with Gasteiger partial charge in [-0.15, -0.1) is 0 Å². The Kier molecular flexibility index (Phi) is 3.88. The van der Waals surface area contributed by atoms with Crippen LogP contribution in [0.15, 0.2) is 50.5 Å². The number of benzene rings is 2. The first-order valence-corrected chi connectivity index (χ1v) is 7.49. The number of fused-ring (bicyclic) bond motifs is 1. The highest BCUT2D eigenvalue weighted by Crippen LogP contribution is 2.16. The highest BCUT2D eigenvalue weighted by molar-refractivity contribution is 9.10. The van der Waals surface area contributed by atoms with Gasteiger partial charge in [-0.05, 0) is 30.3 Å². The van der Waals surface area contributed by atoms with Crippen molar-refractivity contribution in [2.75, 3.05) is 0 Å². The molecule has 3 aromatic rings. The van der Waals surface area contributed by atoms with Gasteiger partial charge in [-0.1, -0.05) is 33.6 Å². The van der Waals surface area contributed by atoms with E-state index in [-0.39, 0.29) is 12.1 Å². The molecule has 0 aliphatic heterocycles. The standard InChI is InChI=1S/C15H9BrClFN2O2/c16-9-2-1-8(12(18)5-9)7-20-14(21)11-4-3-10(17)6-13(11)19-15(20)22/h1-6H,7H2,(H,19,22). The van der Waals surface area contributed by atoms with Crippen molar-refractivity contribution < 1.29 is 4.39 Å². The van der Waals surface area contributed by atoms with Gasteiger partial charge in [0.05, 0.1) is 17.4 Å². The fourth-order valence-electron chi connectivity index (χ4n) is 2.19. The lowest BCUT2D eigenvalue weighted by molar-refractivity contribution is 0.590. The number of aromatic nitrogens is 2. The smallest absolute Gasteiger partial charge is 0.307 e. The predicted molar refractivity (Wildman–Crippen MR) is 87.0 cm³/mol. The SMILES string of the molecule is O=c1[nH]c2cc(Cl)ccc2c(=O)n1Cc1ccc(Br)cc1F. The van der Waals surface area contributed by atoms with E-state index >= 15 is 0 Å². The molecule has 0 bridgehead atoms. The Labute approximate surface area is 137 Å². The van der Waals surface area contributed by atoms with Crippen LogP contribution >= 0.6 is 27.5 Å². The van der Waals surface area contributed by atoms with E-state index in [2.05, 4.69) is 20.9 Å². The lowest BCUT2D eigenvalue weighted by Gasteiger charge is -2.08. The van der Waals surface area contributed by atoms with Crippen LogP contribution in [0.25, 0.3) is 10.9 Å². The third-order valence-corrected chi connectivity index (χ3v) is 4.02. The largest absolute Gasteiger partial charge is 0.329 e. The number of aromatic amines is 1. The Bertz CT molecular complexity index is 997. The maximum absolute atomic E-state index is 13.9. The zero-order chi connectivity index (χ0) is 15.9. The van der Waals surface area contributed by atoms with Gasteiger partial charge >= 0.3 is 5.69 Å². The van der Waals surface area contributed by atoms with Crippen molar-refractivity contribution in [3.63, 3.8) is 0 Å². The molecular weight excluding hydrogens is 375 g/mol. The van der Waals surface area contributed by atoms with Gasteiger partial charge in [-0.2, -0.15) is 0 Å². The average Bonchev–Trinajstić information content (AvgIpc) is 2.45. The molecule has 0 unspecified atom stereocenters. The van der Waals surface area contributed by atoms with Crippen molar-refractivity contribution in [1.29, 1.82) is 0 Å². The van der Waals surface area contributed by atoms with Crippen molar-refractivity contribution in [1.82, 2.24) is 9.55 Å². The molecule has 112 valence electrons. The Morgan fingerprint density at radius 3 is 2.68 bits per heavy atom. The van der Waals surface area contributed by atoms with E-state index < -0.39 is 17.1 Å². The van der Waals surface area contributed by atoms with Gasteiger partial charge in [0.25, 0.3) is 5.56 Å². The number of hydrogen-bond acceptors (Lipinski definition) is 2. The topological polar surface area (TPSA) is 54.9 Å². The fraction of sp³-hybridized carbons (Fsp3) is 0.0667. The summed E-state index contributed by atoms with van der Waals surface area (Å²) < 4.78 is 15.4. The van der Waals surface area contributed by atoms with E-state index in [1.54, 1.807) is 12.1 Å². The number of halogens is 3. The average molecular weight is 384 g/mol. The lowest BCUT2D eigenvalue weighted by Crippen LogP contribution is -2.35. The first-order chi connectivity index (χ1) is 10.5. The highest BCUT2D eigenvalue weighted by Gasteiger charge is 2.11. The van der Waals surface area contributed by atoms with Crippen molar-refractivity contribution in [2.24, 2.45) is 0 Å². The van der Waals surface area contributed by atoms with E-state index in [4.69, 9.17) is 11.6 Å². The lowest BCUT2D eigenvalue weighted by atomic mass is 10.2. The minimum atomic E-state index is -0.609. The van der Waals surface area contributed by atoms with E-state index in [1.807, 2.05) is 0 Å². The van der Waals surface area contributed by atoms with Gasteiger partial charge < -0.3 is 4.98 Å². The maximum atomic E-state index is 13.9. The van der Waals surface area contributed by atoms with E-state index in [9.17, 15) is 14.0 Å². The molecule has 0 aliphatic rings. The summed E-state index contributed by atoms with van der Waals surface area (Å²) in [5.41, 5.74) is -0.487. The molecule has 0 atom stereocenters. The molecule has 0 saturated carbocycles. The van der Waals surface area contributed by atoms with E-state index in [0.717, 1.165) is 4.57 Å². The second kappa shape index (κ2) is 5.70. The Morgan fingerprint density at radius 2 is 1.95 bits per heavy atom. The molecule has 0 spiro atoms. The zero-order valence-electron chi connectivity index (χ0n) is 11.1. The van der Waals surface area contributed by atoms with E-state index in [0.29, 0.717) is 20.4 Å². The molecule has 0 saturated heterocycles. The Hall–Kier alpha value is -1.92. The quantitative estimate of drug-likeness (QED) is 0.738. The van der Waals surface area contributed by atoms with Crippen LogP contribution in [0.5, 0.6) is 0 Å². The number of hydrogen-bond donors (Lipinski definition) is 1. The molecule has 1 N–H and O–H groups in total. The molecular formula is C15H9BrClFN2O2. The summed E-state index contributed by atoms with van der Waals surface area (Å²) in [5, 5.41) is 0.737. The Morgan fingerprint density at radius 1 is 1.18 bits per heavy atom. The Balaban J connectivity index is 2.17. The first kappa shape index (κ1) is 15.0. The summed E-state index contributed by atoms with van der Waals surface area (Å²) in [7, 11) is 0. The molecule has 3 rings (SSSR count). The van der Waals surface area contributed by atoms with Crippen molar-refractivity contribution >= 4 is 38.4 Å². The molecule has 0 radical (unpaired) electrons. The molecule has 2 aromatic carbocycles. The van der Waals surface area contributed by atoms with Crippen LogP contribution < -0.4 is 11.2 Å². The van der Waals surface area contributed by atoms with Crippen LogP contribution in [0.4, 0.5) is 4.39 Å². The monoisotopic (exact) mass is 382 g/mol. The highest BCUT2D eigenvalue weighted by atomic mass is 79.9. The summed E-state index contributed by atoms with van der Waals surface area (Å²) in [4.78, 5) is 27.1. The molecule has 1 heterocycles. The van der Waals surface area contributed by atoms with Crippen molar-refractivity contribution in [3.8, 4) is 0 Å². The summed E-state index contributed by atoms with van der Waals surface area (Å²) in [6.07, 6.45) is 0. The number of H-pyrrole nitrogens is 1. The summed E-state index contributed by atoms with van der Waals surface area (Å²) in [6.45, 7) is -0.147. The van der Waals surface area contributed by atoms with Crippen LogP contribution in [0.2, 0.25) is 5.02 Å². The molecule has 4 nitrogen and oxygen atoms in total. The van der Waals surface area contributed by atoms with Crippen LogP contribution in [0.3, 0.4) is 0 Å². The van der Waals surface area contributed by atoms with Gasteiger partial charge in [0.2, 0.25) is 0 Å². The molecule has 7 heteroatoms. The fourth-order valence-corrected chi connectivity index (χ4v) is 2.70. The number of nitrogens with zero attached hydrogens (tertiary/aromatic N) is 1. The van der Waals surface area contributed by atoms with Gasteiger partial charge in [0.15, 0.2) is 0 Å². The van der Waals surface area contributed by atoms with Crippen molar-refractivity contribution in [3.05, 3.63) is 78.1 Å². The first-order valence-electron chi connectivity index (χ1n) is 6.32. The maximum Gasteiger partial charge on any atom is 0.329 e. The predicted octanol–water partition coefficient (Wildman–Crippen LogP) is 3.29. The van der Waals surface area contributed by atoms with Gasteiger partial charge in [-0.25, -0.2) is 9.18 Å². The second-order valence-corrected chi connectivity index (χ2v) is 6.10. The number of rotatable bonds is 2. The summed E-state index contributed by atoms with van der Waals surface area (Å²) >= 11 is 9.00. The van der Waals surface area contributed by atoms with Gasteiger partial charge in [-0.3, -0.25) is 9.36 Å². The third-order valence-electron chi connectivity index (χ3n) is 3.29. The molecule has 0 aliphatic carbocycles. The van der Waals surface area contributed by atoms with E-state index in [1.165, 1.54) is 24.3 Å². The van der Waals surface area contributed by atoms with Crippen molar-refractivity contribution in [2.45, 2.75) is 6.54 Å². The molecule has 22 heavy (non-hydrogen) atoms. The second-order valence-electron chi connectivity index (χ2n) is 4.75. The minimum absolute atomic E-state index is 0.147. The van der Waals surface area contributed by atoms with Crippen LogP contribution in [0, 0.1) is 5.82 Å². The van der Waals surface area contributed by atoms with Gasteiger partial charge in [0, 0.05) is 15.1 Å². The molecule has 0 fully saturated rings. The molecule has 1 aromatic heterocycles. The van der Waals surface area contributed by atoms with Gasteiger partial charge in [0.1, 0.15) is 5.82 Å². The van der Waals surface area contributed by atoms with Crippen LogP contribution in [-0.2, 0) is 6.54 Å². The summed E-state index contributed by atoms with van der Waals surface area (Å²) in [6, 6.07) is 9.06. The number of nitrogens with one attached hydrogen (secondary N) is 1. The summed E-state index contributed by atoms with van der Waals surface area (Å²) in [5.74, 6) is -0.489. The third kappa shape index (κ3) is 2.71. The zero-order valence-corrected chi connectivity index (χ0v) is 13.4. The minimum Gasteiger partial charge on any atom is -0.307 e. The van der Waals surface area contributed by atoms with Crippen LogP contribution in [-0.4, -0.2) is 9.55 Å². The molecule has 0 amide bonds. The normalized spacial score (nSPS) is 11.0. The van der Waals surface area contributed by atoms with Crippen LogP contribution in [0.1, 0.15) is 5.56 Å².